The highest BCUT2D eigenvalue weighted by molar-refractivity contribution is 7.61. The van der Waals surface area contributed by atoms with Crippen LogP contribution in [0.25, 0.3) is 0 Å². The quantitative estimate of drug-likeness (QED) is 0.238. The number of hydrogen-bond donors (Lipinski definition) is 1. The van der Waals surface area contributed by atoms with Gasteiger partial charge in [0, 0.05) is 25.7 Å². The van der Waals surface area contributed by atoms with Crippen molar-refractivity contribution in [2.45, 2.75) is 109 Å². The summed E-state index contributed by atoms with van der Waals surface area (Å²) in [5, 5.41) is 0.812. The van der Waals surface area contributed by atoms with Crippen molar-refractivity contribution in [3.63, 3.8) is 0 Å². The van der Waals surface area contributed by atoms with Crippen LogP contribution in [-0.4, -0.2) is 49.5 Å². The third-order valence-corrected chi connectivity index (χ3v) is 10.4. The summed E-state index contributed by atoms with van der Waals surface area (Å²) in [7, 11) is -4.10. The molecule has 2 saturated carbocycles. The highest BCUT2D eigenvalue weighted by atomic mass is 31.2. The number of quaternary nitrogens is 1. The van der Waals surface area contributed by atoms with Gasteiger partial charge in [-0.05, 0) is 57.2 Å². The van der Waals surface area contributed by atoms with Gasteiger partial charge in [-0.2, -0.15) is 0 Å². The molecule has 9 nitrogen and oxygen atoms in total. The first-order valence-corrected chi connectivity index (χ1v) is 15.9. The molecule has 10 heteroatoms. The summed E-state index contributed by atoms with van der Waals surface area (Å²) in [6.45, 7) is 4.98. The van der Waals surface area contributed by atoms with Crippen molar-refractivity contribution >= 4 is 19.7 Å². The van der Waals surface area contributed by atoms with Gasteiger partial charge in [0.05, 0.1) is 20.1 Å². The van der Waals surface area contributed by atoms with Crippen LogP contribution in [0.5, 0.6) is 11.5 Å². The van der Waals surface area contributed by atoms with Gasteiger partial charge in [-0.1, -0.05) is 18.9 Å². The van der Waals surface area contributed by atoms with E-state index in [1.165, 1.54) is 19.8 Å². The second-order valence-corrected chi connectivity index (χ2v) is 12.7. The maximum atomic E-state index is 14.3. The SMILES string of the molecule is CCO[P+]([O-])(OCC)[C@@H](C(=O)O[NH+](C1CCCCC1)C1CCCCC1)[C@H](C(C)=[O+])c1ccc2c(c1)OCO2. The molecule has 1 aliphatic heterocycles. The molecule has 4 rings (SSSR count). The van der Waals surface area contributed by atoms with E-state index in [4.69, 9.17) is 23.4 Å². The van der Waals surface area contributed by atoms with E-state index in [9.17, 15) is 14.5 Å². The Balaban J connectivity index is 1.72. The zero-order valence-electron chi connectivity index (χ0n) is 22.9. The lowest BCUT2D eigenvalue weighted by Gasteiger charge is -2.38. The summed E-state index contributed by atoms with van der Waals surface area (Å²) in [4.78, 5) is 48.0. The summed E-state index contributed by atoms with van der Waals surface area (Å²) in [5.74, 6) is -1.11. The first-order valence-electron chi connectivity index (χ1n) is 14.2. The third-order valence-electron chi connectivity index (χ3n) is 7.94. The standard InChI is InChI=1S/C28H42NO8P/c1-4-35-38(32,36-5-2)27(26(20(3)30)21-16-17-24-25(18-21)34-19-33-24)28(31)37-29(22-12-8-6-9-13-22)23-14-10-7-11-15-23/h16-18,22-23,26-27H,4-15,19H2,1-3H3/q+1/p+1/t26-,27-/m1/s1. The fraction of sp³-hybridized carbons (Fsp3) is 0.714. The van der Waals surface area contributed by atoms with E-state index < -0.39 is 25.5 Å². The van der Waals surface area contributed by atoms with Gasteiger partial charge < -0.3 is 14.4 Å². The largest absolute Gasteiger partial charge is 0.631 e. The van der Waals surface area contributed by atoms with Crippen molar-refractivity contribution in [2.75, 3.05) is 20.0 Å². The normalized spacial score (nSPS) is 20.3. The van der Waals surface area contributed by atoms with E-state index in [2.05, 4.69) is 0 Å². The second kappa shape index (κ2) is 13.5. The van der Waals surface area contributed by atoms with Crippen molar-refractivity contribution in [1.82, 2.24) is 0 Å². The van der Waals surface area contributed by atoms with Gasteiger partial charge in [-0.15, -0.1) is 5.06 Å². The molecule has 3 aliphatic rings. The maximum Gasteiger partial charge on any atom is 0.453 e. The lowest BCUT2D eigenvalue weighted by atomic mass is 9.90. The van der Waals surface area contributed by atoms with E-state index in [1.54, 1.807) is 32.0 Å². The van der Waals surface area contributed by atoms with Gasteiger partial charge in [0.1, 0.15) is 12.1 Å². The Hall–Kier alpha value is -1.77. The van der Waals surface area contributed by atoms with E-state index in [0.717, 1.165) is 56.4 Å². The zero-order chi connectivity index (χ0) is 27.1. The molecular weight excluding hydrogens is 509 g/mol. The van der Waals surface area contributed by atoms with E-state index in [0.29, 0.717) is 17.1 Å². The van der Waals surface area contributed by atoms with Crippen LogP contribution in [0.2, 0.25) is 0 Å². The van der Waals surface area contributed by atoms with Crippen LogP contribution in [0, 0.1) is 0 Å². The molecule has 0 amide bonds. The minimum Gasteiger partial charge on any atom is -0.631 e. The molecule has 0 unspecified atom stereocenters. The number of carbonyl (C=O) groups excluding carboxylic acids is 2. The molecule has 38 heavy (non-hydrogen) atoms. The van der Waals surface area contributed by atoms with E-state index >= 15 is 0 Å². The number of hydroxylamine groups is 2. The summed E-state index contributed by atoms with van der Waals surface area (Å²) in [5.41, 5.74) is -0.956. The molecule has 1 radical (unpaired) electrons. The molecule has 1 heterocycles. The van der Waals surface area contributed by atoms with Crippen LogP contribution in [-0.2, 0) is 23.5 Å². The van der Waals surface area contributed by atoms with Crippen LogP contribution < -0.4 is 19.4 Å². The Labute approximate surface area is 226 Å². The Morgan fingerprint density at radius 3 is 2.08 bits per heavy atom. The predicted octanol–water partition coefficient (Wildman–Crippen LogP) is 3.66. The number of fused-ring (bicyclic) bond motifs is 1. The number of nitrogens with one attached hydrogen (secondary N) is 1. The first kappa shape index (κ1) is 29.2. The van der Waals surface area contributed by atoms with Crippen LogP contribution in [0.3, 0.4) is 0 Å². The molecule has 0 spiro atoms. The van der Waals surface area contributed by atoms with Gasteiger partial charge >= 0.3 is 11.8 Å². The molecule has 1 aromatic carbocycles. The van der Waals surface area contributed by atoms with Crippen molar-refractivity contribution in [2.24, 2.45) is 0 Å². The number of carbonyl (C=O) groups is 2. The van der Waals surface area contributed by atoms with Crippen molar-refractivity contribution in [3.8, 4) is 11.5 Å². The molecule has 1 N–H and O–H groups in total. The summed E-state index contributed by atoms with van der Waals surface area (Å²) >= 11 is 0. The van der Waals surface area contributed by atoms with Crippen LogP contribution in [0.4, 0.5) is 0 Å². The highest BCUT2D eigenvalue weighted by Crippen LogP contribution is 2.61. The Bertz CT molecular complexity index is 923. The minimum absolute atomic E-state index is 0.0641. The smallest absolute Gasteiger partial charge is 0.453 e. The van der Waals surface area contributed by atoms with Crippen LogP contribution >= 0.6 is 7.94 Å². The van der Waals surface area contributed by atoms with Gasteiger partial charge in [0.25, 0.3) is 7.94 Å². The molecule has 0 bridgehead atoms. The molecular formula is C28H43NO8P+2. The summed E-state index contributed by atoms with van der Waals surface area (Å²) in [6, 6.07) is 5.45. The number of rotatable bonds is 12. The number of benzene rings is 1. The molecule has 2 atom stereocenters. The van der Waals surface area contributed by atoms with Gasteiger partial charge in [0.2, 0.25) is 17.2 Å². The lowest BCUT2D eigenvalue weighted by Crippen LogP contribution is -3.19. The average Bonchev–Trinajstić information content (AvgIpc) is 3.39. The van der Waals surface area contributed by atoms with Crippen molar-refractivity contribution in [3.05, 3.63) is 23.8 Å². The van der Waals surface area contributed by atoms with Crippen LogP contribution in [0.15, 0.2) is 18.2 Å². The fourth-order valence-corrected chi connectivity index (χ4v) is 8.38. The molecule has 2 aliphatic carbocycles. The van der Waals surface area contributed by atoms with Crippen molar-refractivity contribution < 1.29 is 42.9 Å². The molecule has 0 aromatic heterocycles. The topological polar surface area (TPSA) is 111 Å². The molecule has 211 valence electrons. The Kier molecular flexibility index (Phi) is 10.4. The predicted molar refractivity (Wildman–Crippen MR) is 141 cm³/mol. The van der Waals surface area contributed by atoms with E-state index in [1.807, 2.05) is 0 Å². The number of Topliss-reactive ketones (excluding diaryl/α,β-unsaturated/α-hetero) is 1. The number of ether oxygens (including phenoxy) is 2. The summed E-state index contributed by atoms with van der Waals surface area (Å²) < 4.78 is 22.3. The average molecular weight is 553 g/mol. The van der Waals surface area contributed by atoms with Crippen LogP contribution in [0.1, 0.15) is 96.5 Å². The Morgan fingerprint density at radius 2 is 1.55 bits per heavy atom. The molecule has 0 saturated heterocycles. The van der Waals surface area contributed by atoms with Crippen molar-refractivity contribution in [1.29, 1.82) is 0 Å². The van der Waals surface area contributed by atoms with Gasteiger partial charge in [-0.3, -0.25) is 4.84 Å². The van der Waals surface area contributed by atoms with E-state index in [-0.39, 0.29) is 37.9 Å². The monoisotopic (exact) mass is 552 g/mol. The molecule has 1 aromatic rings. The lowest BCUT2D eigenvalue weighted by molar-refractivity contribution is -1.11. The Morgan fingerprint density at radius 1 is 1.00 bits per heavy atom. The first-order chi connectivity index (χ1) is 18.4. The second-order valence-electron chi connectivity index (χ2n) is 10.5. The number of hydrogen-bond acceptors (Lipinski definition) is 8. The maximum absolute atomic E-state index is 14.3. The minimum atomic E-state index is -4.10. The zero-order valence-corrected chi connectivity index (χ0v) is 23.8. The third kappa shape index (κ3) is 6.68. The fourth-order valence-electron chi connectivity index (χ4n) is 6.20. The highest BCUT2D eigenvalue weighted by Gasteiger charge is 2.59. The van der Waals surface area contributed by atoms with Gasteiger partial charge in [0.15, 0.2) is 17.4 Å². The molecule has 2 fully saturated rings. The number of ketones is 1. The van der Waals surface area contributed by atoms with Gasteiger partial charge in [-0.25, -0.2) is 13.8 Å². The summed E-state index contributed by atoms with van der Waals surface area (Å²) in [6.07, 6.45) is 10.7.